The summed E-state index contributed by atoms with van der Waals surface area (Å²) in [6, 6.07) is 13.1. The fourth-order valence-corrected chi connectivity index (χ4v) is 2.76. The second-order valence-corrected chi connectivity index (χ2v) is 5.49. The Balaban J connectivity index is 1.77. The van der Waals surface area contributed by atoms with Gasteiger partial charge in [0.2, 0.25) is 0 Å². The fourth-order valence-electron chi connectivity index (χ4n) is 2.50. The topological polar surface area (TPSA) is 68.2 Å². The van der Waals surface area contributed by atoms with Crippen LogP contribution in [0.25, 0.3) is 11.2 Å². The summed E-state index contributed by atoms with van der Waals surface area (Å²) in [5, 5.41) is 19.3. The summed E-state index contributed by atoms with van der Waals surface area (Å²) < 4.78 is 3.36. The predicted octanol–water partition coefficient (Wildman–Crippen LogP) is 2.65. The molecule has 23 heavy (non-hydrogen) atoms. The van der Waals surface area contributed by atoms with Crippen LogP contribution >= 0.6 is 11.6 Å². The number of aliphatic hydroxyl groups excluding tert-OH is 1. The molecule has 0 spiro atoms. The molecule has 0 saturated heterocycles. The number of fused-ring (bicyclic) bond motifs is 1. The number of benzene rings is 1. The Labute approximate surface area is 136 Å². The standard InChI is InChI=1S/C16H12ClN5O/c17-13-7-6-12-8-18-10-21(12)15(13)16(23)14-9-22(20-19-14)11-4-2-1-3-5-11/h1-10,16,23H. The third kappa shape index (κ3) is 2.38. The largest absolute Gasteiger partial charge is 0.380 e. The highest BCUT2D eigenvalue weighted by Gasteiger charge is 2.21. The van der Waals surface area contributed by atoms with Gasteiger partial charge < -0.3 is 5.11 Å². The van der Waals surface area contributed by atoms with Crippen LogP contribution in [0.2, 0.25) is 5.02 Å². The second-order valence-electron chi connectivity index (χ2n) is 5.08. The highest BCUT2D eigenvalue weighted by atomic mass is 35.5. The summed E-state index contributed by atoms with van der Waals surface area (Å²) in [6.45, 7) is 0. The van der Waals surface area contributed by atoms with Crippen molar-refractivity contribution in [3.05, 3.63) is 77.6 Å². The molecule has 0 radical (unpaired) electrons. The van der Waals surface area contributed by atoms with Crippen molar-refractivity contribution < 1.29 is 5.11 Å². The maximum absolute atomic E-state index is 10.7. The average Bonchev–Trinajstić information content (AvgIpc) is 3.24. The summed E-state index contributed by atoms with van der Waals surface area (Å²) >= 11 is 6.27. The van der Waals surface area contributed by atoms with E-state index in [0.29, 0.717) is 16.4 Å². The zero-order valence-electron chi connectivity index (χ0n) is 11.9. The quantitative estimate of drug-likeness (QED) is 0.629. The second kappa shape index (κ2) is 5.49. The molecule has 3 aromatic heterocycles. The van der Waals surface area contributed by atoms with Gasteiger partial charge in [-0.15, -0.1) is 5.10 Å². The zero-order chi connectivity index (χ0) is 15.8. The lowest BCUT2D eigenvalue weighted by atomic mass is 10.1. The van der Waals surface area contributed by atoms with Crippen LogP contribution in [-0.2, 0) is 0 Å². The minimum absolute atomic E-state index is 0.414. The van der Waals surface area contributed by atoms with Crippen LogP contribution in [0.5, 0.6) is 0 Å². The summed E-state index contributed by atoms with van der Waals surface area (Å²) in [7, 11) is 0. The van der Waals surface area contributed by atoms with Crippen LogP contribution in [0, 0.1) is 0 Å². The molecular formula is C16H12ClN5O. The monoisotopic (exact) mass is 325 g/mol. The number of hydrogen-bond donors (Lipinski definition) is 1. The van der Waals surface area contributed by atoms with Crippen molar-refractivity contribution in [3.8, 4) is 5.69 Å². The number of para-hydroxylation sites is 1. The van der Waals surface area contributed by atoms with Crippen molar-refractivity contribution in [2.45, 2.75) is 6.10 Å². The molecule has 7 heteroatoms. The van der Waals surface area contributed by atoms with E-state index in [-0.39, 0.29) is 0 Å². The molecule has 0 bridgehead atoms. The smallest absolute Gasteiger partial charge is 0.141 e. The Morgan fingerprint density at radius 2 is 1.91 bits per heavy atom. The van der Waals surface area contributed by atoms with Crippen molar-refractivity contribution in [3.63, 3.8) is 0 Å². The van der Waals surface area contributed by atoms with E-state index < -0.39 is 6.10 Å². The summed E-state index contributed by atoms with van der Waals surface area (Å²) in [5.41, 5.74) is 2.64. The first-order valence-electron chi connectivity index (χ1n) is 7.00. The van der Waals surface area contributed by atoms with Gasteiger partial charge in [-0.1, -0.05) is 35.0 Å². The molecule has 0 saturated carbocycles. The van der Waals surface area contributed by atoms with Crippen LogP contribution in [-0.4, -0.2) is 29.5 Å². The molecule has 114 valence electrons. The molecule has 3 heterocycles. The zero-order valence-corrected chi connectivity index (χ0v) is 12.7. The molecule has 6 nitrogen and oxygen atoms in total. The maximum Gasteiger partial charge on any atom is 0.141 e. The lowest BCUT2D eigenvalue weighted by Gasteiger charge is -2.12. The lowest BCUT2D eigenvalue weighted by Crippen LogP contribution is -2.07. The molecule has 0 aliphatic heterocycles. The molecule has 0 amide bonds. The van der Waals surface area contributed by atoms with Crippen LogP contribution in [0.1, 0.15) is 17.5 Å². The van der Waals surface area contributed by atoms with Crippen molar-refractivity contribution in [2.75, 3.05) is 0 Å². The Morgan fingerprint density at radius 3 is 2.74 bits per heavy atom. The number of halogens is 1. The Kier molecular flexibility index (Phi) is 3.33. The van der Waals surface area contributed by atoms with Crippen molar-refractivity contribution >= 4 is 17.1 Å². The van der Waals surface area contributed by atoms with Gasteiger partial charge in [0.15, 0.2) is 0 Å². The van der Waals surface area contributed by atoms with E-state index in [0.717, 1.165) is 11.2 Å². The molecule has 1 N–H and O–H groups in total. The predicted molar refractivity (Wildman–Crippen MR) is 85.6 cm³/mol. The third-order valence-electron chi connectivity index (χ3n) is 3.64. The number of imidazole rings is 1. The highest BCUT2D eigenvalue weighted by Crippen LogP contribution is 2.28. The average molecular weight is 326 g/mol. The first-order chi connectivity index (χ1) is 11.2. The number of aromatic nitrogens is 5. The van der Waals surface area contributed by atoms with Gasteiger partial charge in [0.1, 0.15) is 11.8 Å². The molecule has 0 aliphatic rings. The third-order valence-corrected chi connectivity index (χ3v) is 3.96. The van der Waals surface area contributed by atoms with Gasteiger partial charge in [0.25, 0.3) is 0 Å². The molecule has 0 aliphatic carbocycles. The van der Waals surface area contributed by atoms with Crippen molar-refractivity contribution in [1.29, 1.82) is 0 Å². The first kappa shape index (κ1) is 13.9. The van der Waals surface area contributed by atoms with Gasteiger partial charge in [0.05, 0.1) is 40.6 Å². The first-order valence-corrected chi connectivity index (χ1v) is 7.38. The normalized spacial score (nSPS) is 12.6. The van der Waals surface area contributed by atoms with Crippen LogP contribution in [0.15, 0.2) is 61.2 Å². The molecular weight excluding hydrogens is 314 g/mol. The summed E-state index contributed by atoms with van der Waals surface area (Å²) in [5.74, 6) is 0. The van der Waals surface area contributed by atoms with Crippen LogP contribution in [0.3, 0.4) is 0 Å². The number of hydrogen-bond acceptors (Lipinski definition) is 4. The summed E-state index contributed by atoms with van der Waals surface area (Å²) in [6.07, 6.45) is 4.00. The Bertz CT molecular complexity index is 963. The fraction of sp³-hybridized carbons (Fsp3) is 0.0625. The molecule has 4 aromatic rings. The molecule has 1 aromatic carbocycles. The van der Waals surface area contributed by atoms with E-state index in [1.807, 2.05) is 36.4 Å². The van der Waals surface area contributed by atoms with Gasteiger partial charge in [-0.3, -0.25) is 4.40 Å². The van der Waals surface area contributed by atoms with E-state index in [4.69, 9.17) is 11.6 Å². The number of pyridine rings is 1. The SMILES string of the molecule is OC(c1cn(-c2ccccc2)nn1)c1c(Cl)ccc2cncn12. The van der Waals surface area contributed by atoms with Crippen LogP contribution < -0.4 is 0 Å². The number of rotatable bonds is 3. The van der Waals surface area contributed by atoms with Gasteiger partial charge in [-0.2, -0.15) is 0 Å². The van der Waals surface area contributed by atoms with Crippen LogP contribution in [0.4, 0.5) is 0 Å². The van der Waals surface area contributed by atoms with Gasteiger partial charge in [-0.25, -0.2) is 9.67 Å². The van der Waals surface area contributed by atoms with E-state index in [9.17, 15) is 5.11 Å². The van der Waals surface area contributed by atoms with E-state index >= 15 is 0 Å². The van der Waals surface area contributed by atoms with Crippen molar-refractivity contribution in [1.82, 2.24) is 24.4 Å². The van der Waals surface area contributed by atoms with Gasteiger partial charge in [0, 0.05) is 0 Å². The Hall–Kier alpha value is -2.70. The van der Waals surface area contributed by atoms with E-state index in [2.05, 4.69) is 15.3 Å². The van der Waals surface area contributed by atoms with Gasteiger partial charge >= 0.3 is 0 Å². The van der Waals surface area contributed by atoms with E-state index in [1.54, 1.807) is 33.9 Å². The van der Waals surface area contributed by atoms with Gasteiger partial charge in [-0.05, 0) is 24.3 Å². The molecule has 1 atom stereocenters. The van der Waals surface area contributed by atoms with E-state index in [1.165, 1.54) is 0 Å². The minimum Gasteiger partial charge on any atom is -0.380 e. The Morgan fingerprint density at radius 1 is 1.09 bits per heavy atom. The minimum atomic E-state index is -1.00. The number of nitrogens with zero attached hydrogens (tertiary/aromatic N) is 5. The van der Waals surface area contributed by atoms with Crippen molar-refractivity contribution in [2.24, 2.45) is 0 Å². The maximum atomic E-state index is 10.7. The number of aliphatic hydroxyl groups is 1. The molecule has 1 unspecified atom stereocenters. The lowest BCUT2D eigenvalue weighted by molar-refractivity contribution is 0.209. The summed E-state index contributed by atoms with van der Waals surface area (Å²) in [4.78, 5) is 4.08. The molecule has 4 rings (SSSR count). The highest BCUT2D eigenvalue weighted by molar-refractivity contribution is 6.31. The molecule has 0 fully saturated rings.